The van der Waals surface area contributed by atoms with Crippen LogP contribution in [-0.4, -0.2) is 29.8 Å². The summed E-state index contributed by atoms with van der Waals surface area (Å²) in [4.78, 5) is 27.2. The van der Waals surface area contributed by atoms with E-state index in [0.717, 1.165) is 22.3 Å². The highest BCUT2D eigenvalue weighted by Crippen LogP contribution is 2.18. The fraction of sp³-hybridized carbons (Fsp3) is 0.364. The lowest BCUT2D eigenvalue weighted by molar-refractivity contribution is -0.140. The van der Waals surface area contributed by atoms with E-state index in [0.29, 0.717) is 18.0 Å². The van der Waals surface area contributed by atoms with Crippen LogP contribution in [0, 0.1) is 13.8 Å². The summed E-state index contributed by atoms with van der Waals surface area (Å²) in [7, 11) is 1.60. The Balaban J connectivity index is 2.31. The molecule has 0 aromatic heterocycles. The molecule has 0 aliphatic heterocycles. The largest absolute Gasteiger partial charge is 0.357 e. The third-order valence-electron chi connectivity index (χ3n) is 4.74. The van der Waals surface area contributed by atoms with Crippen LogP contribution in [0.4, 0.5) is 0 Å². The van der Waals surface area contributed by atoms with Crippen molar-refractivity contribution in [2.24, 2.45) is 0 Å². The molecular weight excluding hydrogens is 360 g/mol. The number of halogens is 1. The van der Waals surface area contributed by atoms with Gasteiger partial charge < -0.3 is 10.2 Å². The minimum Gasteiger partial charge on any atom is -0.357 e. The van der Waals surface area contributed by atoms with Gasteiger partial charge in [0.05, 0.1) is 6.42 Å². The van der Waals surface area contributed by atoms with Crippen molar-refractivity contribution in [3.05, 3.63) is 69.7 Å². The lowest BCUT2D eigenvalue weighted by Gasteiger charge is -2.30. The summed E-state index contributed by atoms with van der Waals surface area (Å²) in [5.41, 5.74) is 4.13. The zero-order valence-corrected chi connectivity index (χ0v) is 17.1. The van der Waals surface area contributed by atoms with Gasteiger partial charge in [0.15, 0.2) is 0 Å². The van der Waals surface area contributed by atoms with Crippen LogP contribution >= 0.6 is 11.6 Å². The molecule has 0 saturated carbocycles. The first-order chi connectivity index (χ1) is 12.8. The van der Waals surface area contributed by atoms with Crippen molar-refractivity contribution in [1.29, 1.82) is 0 Å². The second-order valence-electron chi connectivity index (χ2n) is 6.79. The van der Waals surface area contributed by atoms with E-state index >= 15 is 0 Å². The summed E-state index contributed by atoms with van der Waals surface area (Å²) in [5.74, 6) is -0.213. The zero-order chi connectivity index (χ0) is 20.0. The molecule has 2 aromatic carbocycles. The monoisotopic (exact) mass is 386 g/mol. The van der Waals surface area contributed by atoms with Crippen molar-refractivity contribution in [1.82, 2.24) is 10.2 Å². The predicted octanol–water partition coefficient (Wildman–Crippen LogP) is 4.05. The van der Waals surface area contributed by atoms with Crippen molar-refractivity contribution < 1.29 is 9.59 Å². The fourth-order valence-electron chi connectivity index (χ4n) is 3.13. The van der Waals surface area contributed by atoms with Gasteiger partial charge in [-0.3, -0.25) is 9.59 Å². The lowest BCUT2D eigenvalue weighted by Crippen LogP contribution is -2.48. The number of carbonyl (C=O) groups is 2. The summed E-state index contributed by atoms with van der Waals surface area (Å²) in [6.45, 7) is 6.30. The third-order valence-corrected chi connectivity index (χ3v) is 5.00. The van der Waals surface area contributed by atoms with Gasteiger partial charge in [0.25, 0.3) is 0 Å². The average molecular weight is 387 g/mol. The molecule has 2 aromatic rings. The van der Waals surface area contributed by atoms with Crippen LogP contribution < -0.4 is 5.32 Å². The summed E-state index contributed by atoms with van der Waals surface area (Å²) in [6, 6.07) is 13.0. The molecule has 2 rings (SSSR count). The van der Waals surface area contributed by atoms with Crippen LogP contribution in [0.25, 0.3) is 0 Å². The lowest BCUT2D eigenvalue weighted by atomic mass is 10.0. The number of hydrogen-bond acceptors (Lipinski definition) is 2. The van der Waals surface area contributed by atoms with Gasteiger partial charge in [-0.25, -0.2) is 0 Å². The Labute approximate surface area is 166 Å². The molecule has 0 unspecified atom stereocenters. The molecule has 144 valence electrons. The number of hydrogen-bond donors (Lipinski definition) is 1. The van der Waals surface area contributed by atoms with Crippen LogP contribution in [-0.2, 0) is 22.6 Å². The molecule has 0 aliphatic carbocycles. The first-order valence-corrected chi connectivity index (χ1v) is 9.55. The molecule has 4 nitrogen and oxygen atoms in total. The minimum atomic E-state index is -0.511. The van der Waals surface area contributed by atoms with Crippen molar-refractivity contribution in [3.8, 4) is 0 Å². The summed E-state index contributed by atoms with van der Waals surface area (Å²) in [6.07, 6.45) is 0.820. The van der Waals surface area contributed by atoms with Crippen molar-refractivity contribution in [2.75, 3.05) is 7.05 Å². The Morgan fingerprint density at radius 1 is 1.11 bits per heavy atom. The standard InChI is InChI=1S/C22H27ClN2O2/c1-5-20(22(27)24-4)25(14-17-8-10-19(23)11-9-17)21(26)13-18-12-15(2)6-7-16(18)3/h6-12,20H,5,13-14H2,1-4H3,(H,24,27)/t20-/m1/s1. The number of nitrogens with one attached hydrogen (secondary N) is 1. The maximum absolute atomic E-state index is 13.2. The Hall–Kier alpha value is -2.33. The molecular formula is C22H27ClN2O2. The fourth-order valence-corrected chi connectivity index (χ4v) is 3.25. The molecule has 0 radical (unpaired) electrons. The highest BCUT2D eigenvalue weighted by atomic mass is 35.5. The number of amides is 2. The molecule has 5 heteroatoms. The number of aryl methyl sites for hydroxylation is 2. The molecule has 2 amide bonds. The molecule has 1 N–H and O–H groups in total. The molecule has 0 aliphatic rings. The molecule has 1 atom stereocenters. The summed E-state index contributed by atoms with van der Waals surface area (Å²) >= 11 is 5.97. The van der Waals surface area contributed by atoms with E-state index in [1.807, 2.05) is 51.1 Å². The van der Waals surface area contributed by atoms with Gasteiger partial charge in [-0.1, -0.05) is 54.4 Å². The Kier molecular flexibility index (Phi) is 7.43. The number of nitrogens with zero attached hydrogens (tertiary/aromatic N) is 1. The highest BCUT2D eigenvalue weighted by molar-refractivity contribution is 6.30. The molecule has 0 spiro atoms. The predicted molar refractivity (Wildman–Crippen MR) is 110 cm³/mol. The van der Waals surface area contributed by atoms with Crippen LogP contribution in [0.3, 0.4) is 0 Å². The van der Waals surface area contributed by atoms with Crippen molar-refractivity contribution >= 4 is 23.4 Å². The van der Waals surface area contributed by atoms with Crippen molar-refractivity contribution in [2.45, 2.75) is 46.2 Å². The second kappa shape index (κ2) is 9.56. The number of carbonyl (C=O) groups excluding carboxylic acids is 2. The van der Waals surface area contributed by atoms with Crippen LogP contribution in [0.5, 0.6) is 0 Å². The van der Waals surface area contributed by atoms with Crippen LogP contribution in [0.15, 0.2) is 42.5 Å². The normalized spacial score (nSPS) is 11.7. The average Bonchev–Trinajstić information content (AvgIpc) is 2.65. The van der Waals surface area contributed by atoms with E-state index in [4.69, 9.17) is 11.6 Å². The number of rotatable bonds is 7. The topological polar surface area (TPSA) is 49.4 Å². The van der Waals surface area contributed by atoms with Gasteiger partial charge in [-0.2, -0.15) is 0 Å². The Morgan fingerprint density at radius 2 is 1.78 bits per heavy atom. The van der Waals surface area contributed by atoms with Gasteiger partial charge in [0.2, 0.25) is 11.8 Å². The van der Waals surface area contributed by atoms with Crippen LogP contribution in [0.1, 0.15) is 35.6 Å². The SMILES string of the molecule is CC[C@H](C(=O)NC)N(Cc1ccc(Cl)cc1)C(=O)Cc1cc(C)ccc1C. The number of benzene rings is 2. The second-order valence-corrected chi connectivity index (χ2v) is 7.23. The maximum atomic E-state index is 13.2. The van der Waals surface area contributed by atoms with Gasteiger partial charge in [0, 0.05) is 18.6 Å². The van der Waals surface area contributed by atoms with E-state index < -0.39 is 6.04 Å². The van der Waals surface area contributed by atoms with Gasteiger partial charge >= 0.3 is 0 Å². The zero-order valence-electron chi connectivity index (χ0n) is 16.4. The molecule has 0 saturated heterocycles. The molecule has 0 bridgehead atoms. The highest BCUT2D eigenvalue weighted by Gasteiger charge is 2.28. The van der Waals surface area contributed by atoms with E-state index in [1.54, 1.807) is 24.1 Å². The van der Waals surface area contributed by atoms with E-state index in [-0.39, 0.29) is 18.2 Å². The van der Waals surface area contributed by atoms with E-state index in [2.05, 4.69) is 5.32 Å². The summed E-state index contributed by atoms with van der Waals surface area (Å²) in [5, 5.41) is 3.32. The van der Waals surface area contributed by atoms with Gasteiger partial charge in [-0.15, -0.1) is 0 Å². The maximum Gasteiger partial charge on any atom is 0.242 e. The van der Waals surface area contributed by atoms with Crippen molar-refractivity contribution in [3.63, 3.8) is 0 Å². The van der Waals surface area contributed by atoms with E-state index in [1.165, 1.54) is 0 Å². The van der Waals surface area contributed by atoms with E-state index in [9.17, 15) is 9.59 Å². The summed E-state index contributed by atoms with van der Waals surface area (Å²) < 4.78 is 0. The van der Waals surface area contributed by atoms with Crippen LogP contribution in [0.2, 0.25) is 5.02 Å². The third kappa shape index (κ3) is 5.57. The Bertz CT molecular complexity index is 802. The van der Waals surface area contributed by atoms with Gasteiger partial charge in [-0.05, 0) is 49.1 Å². The van der Waals surface area contributed by atoms with Gasteiger partial charge in [0.1, 0.15) is 6.04 Å². The molecule has 0 fully saturated rings. The molecule has 27 heavy (non-hydrogen) atoms. The minimum absolute atomic E-state index is 0.0610. The molecule has 0 heterocycles. The first-order valence-electron chi connectivity index (χ1n) is 9.17. The quantitative estimate of drug-likeness (QED) is 0.780. The Morgan fingerprint density at radius 3 is 2.37 bits per heavy atom. The smallest absolute Gasteiger partial charge is 0.242 e. The first kappa shape index (κ1) is 21.0. The number of likely N-dealkylation sites (N-methyl/N-ethyl adjacent to an activating group) is 1.